The Bertz CT molecular complexity index is 733. The van der Waals surface area contributed by atoms with Crippen LogP contribution in [0.15, 0.2) is 48.5 Å². The van der Waals surface area contributed by atoms with Crippen LogP contribution in [0.2, 0.25) is 0 Å². The van der Waals surface area contributed by atoms with Gasteiger partial charge in [-0.2, -0.15) is 0 Å². The number of amides is 1. The second-order valence-electron chi connectivity index (χ2n) is 5.66. The Morgan fingerprint density at radius 2 is 1.92 bits per heavy atom. The minimum Gasteiger partial charge on any atom is -0.496 e. The number of hydrogen-bond donors (Lipinski definition) is 2. The largest absolute Gasteiger partial charge is 0.496 e. The smallest absolute Gasteiger partial charge is 0.308 e. The topological polar surface area (TPSA) is 75.6 Å². The van der Waals surface area contributed by atoms with Crippen LogP contribution in [0.3, 0.4) is 0 Å². The SMILES string of the molecule is COc1ccc(F)cc1CC(=O)NCC(Cc1ccccc1)C(=O)O. The van der Waals surface area contributed by atoms with Gasteiger partial charge in [0.15, 0.2) is 0 Å². The fourth-order valence-corrected chi connectivity index (χ4v) is 2.50. The molecule has 1 amide bonds. The van der Waals surface area contributed by atoms with Crippen molar-refractivity contribution >= 4 is 11.9 Å². The van der Waals surface area contributed by atoms with Crippen LogP contribution in [0.4, 0.5) is 4.39 Å². The number of halogens is 1. The second kappa shape index (κ2) is 8.82. The molecule has 1 unspecified atom stereocenters. The van der Waals surface area contributed by atoms with Crippen LogP contribution in [0, 0.1) is 11.7 Å². The van der Waals surface area contributed by atoms with E-state index < -0.39 is 17.7 Å². The van der Waals surface area contributed by atoms with Crippen molar-refractivity contribution in [3.8, 4) is 5.75 Å². The first-order valence-corrected chi connectivity index (χ1v) is 7.85. The van der Waals surface area contributed by atoms with Crippen molar-refractivity contribution in [2.45, 2.75) is 12.8 Å². The molecule has 0 radical (unpaired) electrons. The molecule has 6 heteroatoms. The molecule has 2 aromatic rings. The Kier molecular flexibility index (Phi) is 6.51. The van der Waals surface area contributed by atoms with E-state index in [2.05, 4.69) is 5.32 Å². The lowest BCUT2D eigenvalue weighted by Gasteiger charge is -2.14. The average molecular weight is 345 g/mol. The third-order valence-corrected chi connectivity index (χ3v) is 3.81. The molecule has 2 rings (SSSR count). The Morgan fingerprint density at radius 1 is 1.20 bits per heavy atom. The average Bonchev–Trinajstić information content (AvgIpc) is 2.59. The maximum absolute atomic E-state index is 13.3. The molecule has 0 aliphatic heterocycles. The Labute approximate surface area is 145 Å². The summed E-state index contributed by atoms with van der Waals surface area (Å²) >= 11 is 0. The van der Waals surface area contributed by atoms with Crippen LogP contribution in [0.5, 0.6) is 5.75 Å². The first-order chi connectivity index (χ1) is 12.0. The van der Waals surface area contributed by atoms with Gasteiger partial charge in [0.05, 0.1) is 19.4 Å². The van der Waals surface area contributed by atoms with Gasteiger partial charge in [-0.05, 0) is 30.2 Å². The normalized spacial score (nSPS) is 11.6. The number of benzene rings is 2. The Balaban J connectivity index is 1.95. The van der Waals surface area contributed by atoms with Crippen molar-refractivity contribution in [1.29, 1.82) is 0 Å². The standard InChI is InChI=1S/C19H20FNO4/c1-25-17-8-7-16(20)10-14(17)11-18(22)21-12-15(19(23)24)9-13-5-3-2-4-6-13/h2-8,10,15H,9,11-12H2,1H3,(H,21,22)(H,23,24). The van der Waals surface area contributed by atoms with E-state index in [1.54, 1.807) is 0 Å². The van der Waals surface area contributed by atoms with Gasteiger partial charge < -0.3 is 15.2 Å². The molecule has 0 bridgehead atoms. The van der Waals surface area contributed by atoms with Gasteiger partial charge in [-0.3, -0.25) is 9.59 Å². The summed E-state index contributed by atoms with van der Waals surface area (Å²) in [4.78, 5) is 23.5. The lowest BCUT2D eigenvalue weighted by molar-refractivity contribution is -0.141. The molecular weight excluding hydrogens is 325 g/mol. The molecule has 0 heterocycles. The third kappa shape index (κ3) is 5.60. The van der Waals surface area contributed by atoms with Crippen LogP contribution in [-0.2, 0) is 22.4 Å². The fourth-order valence-electron chi connectivity index (χ4n) is 2.50. The van der Waals surface area contributed by atoms with Gasteiger partial charge in [-0.1, -0.05) is 30.3 Å². The minimum atomic E-state index is -0.979. The van der Waals surface area contributed by atoms with Gasteiger partial charge in [-0.25, -0.2) is 4.39 Å². The molecule has 0 aliphatic rings. The molecule has 0 saturated carbocycles. The summed E-state index contributed by atoms with van der Waals surface area (Å²) in [6.07, 6.45) is 0.234. The molecule has 2 aromatic carbocycles. The zero-order valence-electron chi connectivity index (χ0n) is 13.9. The highest BCUT2D eigenvalue weighted by Crippen LogP contribution is 2.19. The molecule has 5 nitrogen and oxygen atoms in total. The molecule has 25 heavy (non-hydrogen) atoms. The molecular formula is C19H20FNO4. The summed E-state index contributed by atoms with van der Waals surface area (Å²) in [5.74, 6) is -2.15. The van der Waals surface area contributed by atoms with E-state index in [1.807, 2.05) is 30.3 Å². The van der Waals surface area contributed by atoms with Crippen molar-refractivity contribution in [2.24, 2.45) is 5.92 Å². The zero-order valence-corrected chi connectivity index (χ0v) is 13.9. The highest BCUT2D eigenvalue weighted by molar-refractivity contribution is 5.80. The number of rotatable bonds is 8. The third-order valence-electron chi connectivity index (χ3n) is 3.81. The van der Waals surface area contributed by atoms with E-state index in [1.165, 1.54) is 25.3 Å². The van der Waals surface area contributed by atoms with Crippen molar-refractivity contribution in [3.05, 3.63) is 65.5 Å². The predicted molar refractivity (Wildman–Crippen MR) is 90.9 cm³/mol. The van der Waals surface area contributed by atoms with Gasteiger partial charge in [0, 0.05) is 12.1 Å². The molecule has 1 atom stereocenters. The summed E-state index contributed by atoms with van der Waals surface area (Å²) in [5.41, 5.74) is 1.30. The van der Waals surface area contributed by atoms with Crippen LogP contribution < -0.4 is 10.1 Å². The van der Waals surface area contributed by atoms with Gasteiger partial charge in [0.1, 0.15) is 11.6 Å². The maximum atomic E-state index is 13.3. The number of carboxylic acids is 1. The highest BCUT2D eigenvalue weighted by Gasteiger charge is 2.19. The van der Waals surface area contributed by atoms with Crippen LogP contribution >= 0.6 is 0 Å². The number of methoxy groups -OCH3 is 1. The highest BCUT2D eigenvalue weighted by atomic mass is 19.1. The van der Waals surface area contributed by atoms with Gasteiger partial charge in [-0.15, -0.1) is 0 Å². The Hall–Kier alpha value is -2.89. The summed E-state index contributed by atoms with van der Waals surface area (Å²) in [6.45, 7) is 0.000687. The summed E-state index contributed by atoms with van der Waals surface area (Å²) in [7, 11) is 1.44. The fraction of sp³-hybridized carbons (Fsp3) is 0.263. The number of ether oxygens (including phenoxy) is 1. The molecule has 0 fully saturated rings. The van der Waals surface area contributed by atoms with Crippen molar-refractivity contribution < 1.29 is 23.8 Å². The predicted octanol–water partition coefficient (Wildman–Crippen LogP) is 2.44. The van der Waals surface area contributed by atoms with E-state index in [4.69, 9.17) is 4.74 Å². The number of carboxylic acid groups (broad SMARTS) is 1. The summed E-state index contributed by atoms with van der Waals surface area (Å²) in [5, 5.41) is 11.9. The van der Waals surface area contributed by atoms with Crippen molar-refractivity contribution in [1.82, 2.24) is 5.32 Å². The molecule has 0 spiro atoms. The Morgan fingerprint density at radius 3 is 2.56 bits per heavy atom. The zero-order chi connectivity index (χ0) is 18.2. The van der Waals surface area contributed by atoms with Crippen molar-refractivity contribution in [3.63, 3.8) is 0 Å². The molecule has 0 aliphatic carbocycles. The maximum Gasteiger partial charge on any atom is 0.308 e. The molecule has 2 N–H and O–H groups in total. The van der Waals surface area contributed by atoms with E-state index in [0.717, 1.165) is 5.56 Å². The number of nitrogens with one attached hydrogen (secondary N) is 1. The number of aliphatic carboxylic acids is 1. The molecule has 0 saturated heterocycles. The molecule has 0 aromatic heterocycles. The lowest BCUT2D eigenvalue weighted by Crippen LogP contribution is -2.35. The van der Waals surface area contributed by atoms with Gasteiger partial charge >= 0.3 is 5.97 Å². The lowest BCUT2D eigenvalue weighted by atomic mass is 9.99. The number of carbonyl (C=O) groups is 2. The van der Waals surface area contributed by atoms with E-state index in [0.29, 0.717) is 17.7 Å². The summed E-state index contributed by atoms with van der Waals surface area (Å²) in [6, 6.07) is 13.1. The minimum absolute atomic E-state index is 0.000687. The quantitative estimate of drug-likeness (QED) is 0.770. The molecule has 132 valence electrons. The van der Waals surface area contributed by atoms with E-state index >= 15 is 0 Å². The van der Waals surface area contributed by atoms with Gasteiger partial charge in [0.25, 0.3) is 0 Å². The second-order valence-corrected chi connectivity index (χ2v) is 5.66. The van der Waals surface area contributed by atoms with Crippen LogP contribution in [0.1, 0.15) is 11.1 Å². The van der Waals surface area contributed by atoms with Crippen LogP contribution in [-0.4, -0.2) is 30.6 Å². The number of hydrogen-bond acceptors (Lipinski definition) is 3. The van der Waals surface area contributed by atoms with E-state index in [-0.39, 0.29) is 18.9 Å². The first-order valence-electron chi connectivity index (χ1n) is 7.85. The number of carbonyl (C=O) groups excluding carboxylic acids is 1. The van der Waals surface area contributed by atoms with Crippen LogP contribution in [0.25, 0.3) is 0 Å². The monoisotopic (exact) mass is 345 g/mol. The van der Waals surface area contributed by atoms with Gasteiger partial charge in [0.2, 0.25) is 5.91 Å². The van der Waals surface area contributed by atoms with E-state index in [9.17, 15) is 19.1 Å². The summed E-state index contributed by atoms with van der Waals surface area (Å²) < 4.78 is 18.4. The van der Waals surface area contributed by atoms with Crippen molar-refractivity contribution in [2.75, 3.05) is 13.7 Å². The first kappa shape index (κ1) is 18.4.